The van der Waals surface area contributed by atoms with E-state index < -0.39 is 23.5 Å². The molecule has 0 spiro atoms. The second-order valence-electron chi connectivity index (χ2n) is 4.74. The Morgan fingerprint density at radius 3 is 1.58 bits per heavy atom. The van der Waals surface area contributed by atoms with Crippen LogP contribution in [0, 0.1) is 0 Å². The summed E-state index contributed by atoms with van der Waals surface area (Å²) in [6, 6.07) is 8.03. The zero-order chi connectivity index (χ0) is 18.0. The molecule has 0 saturated heterocycles. The molecule has 0 bridgehead atoms. The maximum atomic E-state index is 12.4. The number of benzene rings is 2. The molecule has 9 heteroatoms. The van der Waals surface area contributed by atoms with Gasteiger partial charge in [0.15, 0.2) is 5.96 Å². The summed E-state index contributed by atoms with van der Waals surface area (Å²) in [7, 11) is 0. The van der Waals surface area contributed by atoms with Crippen LogP contribution in [0.25, 0.3) is 0 Å². The van der Waals surface area contributed by atoms with Crippen molar-refractivity contribution in [2.75, 3.05) is 5.32 Å². The molecule has 0 unspecified atom stereocenters. The number of nitrogens with zero attached hydrogens (tertiary/aromatic N) is 1. The highest BCUT2D eigenvalue weighted by atomic mass is 19.4. The first-order chi connectivity index (χ1) is 11.1. The highest BCUT2D eigenvalue weighted by Gasteiger charge is 2.30. The maximum absolute atomic E-state index is 12.4. The maximum Gasteiger partial charge on any atom is 0.416 e. The Hall–Kier alpha value is -2.71. The standard InChI is InChI=1S/C15H11F6N3/c16-14(17,18)9-1-5-11(6-2-9)23-13(22)24-12-7-3-10(4-8-12)15(19,20)21/h1-8H,(H3,22,23,24). The summed E-state index contributed by atoms with van der Waals surface area (Å²) in [5.41, 5.74) is 4.37. The Bertz CT molecular complexity index is 715. The Labute approximate surface area is 132 Å². The molecule has 3 nitrogen and oxygen atoms in total. The van der Waals surface area contributed by atoms with Crippen molar-refractivity contribution in [3.8, 4) is 0 Å². The van der Waals surface area contributed by atoms with Crippen molar-refractivity contribution in [1.29, 1.82) is 0 Å². The number of alkyl halides is 6. The van der Waals surface area contributed by atoms with E-state index in [0.29, 0.717) is 0 Å². The third-order valence-corrected chi connectivity index (χ3v) is 2.93. The van der Waals surface area contributed by atoms with E-state index in [1.807, 2.05) is 0 Å². The first-order valence-corrected chi connectivity index (χ1v) is 6.51. The predicted molar refractivity (Wildman–Crippen MR) is 77.8 cm³/mol. The van der Waals surface area contributed by atoms with E-state index in [2.05, 4.69) is 10.3 Å². The highest BCUT2D eigenvalue weighted by Crippen LogP contribution is 2.31. The van der Waals surface area contributed by atoms with Crippen molar-refractivity contribution < 1.29 is 26.3 Å². The molecule has 0 atom stereocenters. The van der Waals surface area contributed by atoms with Gasteiger partial charge in [-0.25, -0.2) is 4.99 Å². The van der Waals surface area contributed by atoms with E-state index in [9.17, 15) is 26.3 Å². The van der Waals surface area contributed by atoms with Crippen molar-refractivity contribution in [3.63, 3.8) is 0 Å². The minimum absolute atomic E-state index is 0.167. The molecule has 0 amide bonds. The molecular weight excluding hydrogens is 336 g/mol. The topological polar surface area (TPSA) is 50.4 Å². The van der Waals surface area contributed by atoms with Crippen LogP contribution in [-0.4, -0.2) is 5.96 Å². The van der Waals surface area contributed by atoms with Gasteiger partial charge in [0.25, 0.3) is 0 Å². The molecule has 0 aromatic heterocycles. The molecule has 0 radical (unpaired) electrons. The number of aliphatic imine (C=N–C) groups is 1. The predicted octanol–water partition coefficient (Wildman–Crippen LogP) is 4.78. The number of nitrogens with two attached hydrogens (primary N) is 1. The number of halogens is 6. The van der Waals surface area contributed by atoms with Crippen molar-refractivity contribution >= 4 is 17.3 Å². The number of hydrogen-bond donors (Lipinski definition) is 2. The number of guanidine groups is 1. The van der Waals surface area contributed by atoms with Crippen LogP contribution in [0.5, 0.6) is 0 Å². The van der Waals surface area contributed by atoms with Crippen molar-refractivity contribution in [1.82, 2.24) is 0 Å². The molecule has 2 aromatic rings. The van der Waals surface area contributed by atoms with Crippen LogP contribution in [0.4, 0.5) is 37.7 Å². The Morgan fingerprint density at radius 1 is 0.750 bits per heavy atom. The van der Waals surface area contributed by atoms with Gasteiger partial charge < -0.3 is 11.1 Å². The lowest BCUT2D eigenvalue weighted by Crippen LogP contribution is -2.22. The van der Waals surface area contributed by atoms with Crippen LogP contribution in [-0.2, 0) is 12.4 Å². The van der Waals surface area contributed by atoms with E-state index in [0.717, 1.165) is 48.5 Å². The molecule has 0 heterocycles. The lowest BCUT2D eigenvalue weighted by atomic mass is 10.2. The zero-order valence-electron chi connectivity index (χ0n) is 11.9. The van der Waals surface area contributed by atoms with E-state index >= 15 is 0 Å². The van der Waals surface area contributed by atoms with Crippen LogP contribution in [0.3, 0.4) is 0 Å². The molecule has 0 aliphatic heterocycles. The smallest absolute Gasteiger partial charge is 0.369 e. The first kappa shape index (κ1) is 17.6. The molecule has 0 saturated carbocycles. The molecule has 3 N–H and O–H groups in total. The lowest BCUT2D eigenvalue weighted by Gasteiger charge is -2.09. The fraction of sp³-hybridized carbons (Fsp3) is 0.133. The van der Waals surface area contributed by atoms with Gasteiger partial charge in [0, 0.05) is 5.69 Å². The molecule has 128 valence electrons. The summed E-state index contributed by atoms with van der Waals surface area (Å²) in [5, 5.41) is 2.55. The van der Waals surface area contributed by atoms with Gasteiger partial charge in [-0.2, -0.15) is 26.3 Å². The van der Waals surface area contributed by atoms with Gasteiger partial charge in [-0.1, -0.05) is 0 Å². The van der Waals surface area contributed by atoms with Crippen LogP contribution < -0.4 is 11.1 Å². The van der Waals surface area contributed by atoms with Crippen molar-refractivity contribution in [3.05, 3.63) is 59.7 Å². The summed E-state index contributed by atoms with van der Waals surface area (Å²) < 4.78 is 74.6. The van der Waals surface area contributed by atoms with Crippen molar-refractivity contribution in [2.24, 2.45) is 10.7 Å². The second-order valence-corrected chi connectivity index (χ2v) is 4.74. The first-order valence-electron chi connectivity index (χ1n) is 6.51. The molecule has 2 aromatic carbocycles. The Kier molecular flexibility index (Phi) is 4.72. The third kappa shape index (κ3) is 4.64. The summed E-state index contributed by atoms with van der Waals surface area (Å²) in [4.78, 5) is 3.84. The van der Waals surface area contributed by atoms with Gasteiger partial charge in [-0.15, -0.1) is 0 Å². The van der Waals surface area contributed by atoms with Gasteiger partial charge in [-0.05, 0) is 48.5 Å². The van der Waals surface area contributed by atoms with Crippen LogP contribution in [0.1, 0.15) is 11.1 Å². The second kappa shape index (κ2) is 6.42. The normalized spacial score (nSPS) is 13.0. The summed E-state index contributed by atoms with van der Waals surface area (Å²) in [6.45, 7) is 0. The third-order valence-electron chi connectivity index (χ3n) is 2.93. The van der Waals surface area contributed by atoms with Crippen LogP contribution in [0.2, 0.25) is 0 Å². The molecular formula is C15H11F6N3. The minimum Gasteiger partial charge on any atom is -0.369 e. The fourth-order valence-corrected chi connectivity index (χ4v) is 1.78. The van der Waals surface area contributed by atoms with Gasteiger partial charge in [-0.3, -0.25) is 0 Å². The van der Waals surface area contributed by atoms with Gasteiger partial charge in [0.1, 0.15) is 0 Å². The average Bonchev–Trinajstić information content (AvgIpc) is 2.46. The Morgan fingerprint density at radius 2 is 1.17 bits per heavy atom. The molecule has 2 rings (SSSR count). The largest absolute Gasteiger partial charge is 0.416 e. The Balaban J connectivity index is 2.09. The molecule has 0 fully saturated rings. The van der Waals surface area contributed by atoms with E-state index in [1.54, 1.807) is 0 Å². The summed E-state index contributed by atoms with van der Waals surface area (Å²) in [6.07, 6.45) is -8.90. The van der Waals surface area contributed by atoms with Crippen LogP contribution in [0.15, 0.2) is 53.5 Å². The average molecular weight is 347 g/mol. The number of nitrogens with one attached hydrogen (secondary N) is 1. The monoisotopic (exact) mass is 347 g/mol. The van der Waals surface area contributed by atoms with E-state index in [4.69, 9.17) is 5.73 Å². The highest BCUT2D eigenvalue weighted by molar-refractivity contribution is 5.93. The van der Waals surface area contributed by atoms with Gasteiger partial charge in [0.05, 0.1) is 16.8 Å². The molecule has 0 aliphatic carbocycles. The summed E-state index contributed by atoms with van der Waals surface area (Å²) >= 11 is 0. The van der Waals surface area contributed by atoms with Gasteiger partial charge >= 0.3 is 12.4 Å². The molecule has 24 heavy (non-hydrogen) atoms. The lowest BCUT2D eigenvalue weighted by molar-refractivity contribution is -0.138. The van der Waals surface area contributed by atoms with Gasteiger partial charge in [0.2, 0.25) is 0 Å². The van der Waals surface area contributed by atoms with Crippen molar-refractivity contribution in [2.45, 2.75) is 12.4 Å². The number of hydrogen-bond acceptors (Lipinski definition) is 1. The summed E-state index contributed by atoms with van der Waals surface area (Å²) in [5.74, 6) is -0.172. The minimum atomic E-state index is -4.45. The van der Waals surface area contributed by atoms with Crippen LogP contribution >= 0.6 is 0 Å². The molecule has 0 aliphatic rings. The zero-order valence-corrected chi connectivity index (χ0v) is 11.9. The SMILES string of the molecule is NC(=Nc1ccc(C(F)(F)F)cc1)Nc1ccc(C(F)(F)F)cc1. The number of anilines is 1. The fourth-order valence-electron chi connectivity index (χ4n) is 1.78. The quantitative estimate of drug-likeness (QED) is 0.467. The van der Waals surface area contributed by atoms with E-state index in [-0.39, 0.29) is 17.3 Å². The number of rotatable bonds is 2. The van der Waals surface area contributed by atoms with E-state index in [1.165, 1.54) is 0 Å².